The molecular formula is C23H28BrNO4. The van der Waals surface area contributed by atoms with Crippen LogP contribution in [-0.2, 0) is 9.53 Å². The van der Waals surface area contributed by atoms with Crippen LogP contribution in [-0.4, -0.2) is 24.0 Å². The Kier molecular flexibility index (Phi) is 8.26. The predicted molar refractivity (Wildman–Crippen MR) is 117 cm³/mol. The molecule has 1 amide bonds. The second kappa shape index (κ2) is 10.4. The minimum atomic E-state index is -0.524. The molecule has 6 heteroatoms. The standard InChI is InChI=1S/C23H28BrNO4/c1-5-20(16-6-10-18(24)11-7-16)28-19-12-8-17(9-13-19)22(27)25-15-14-21(26)29-23(2,3)4/h6-13,20H,5,14-15H2,1-4H3,(H,25,27). The number of benzene rings is 2. The quantitative estimate of drug-likeness (QED) is 0.531. The van der Waals surface area contributed by atoms with Gasteiger partial charge in [-0.15, -0.1) is 0 Å². The van der Waals surface area contributed by atoms with Gasteiger partial charge in [0.25, 0.3) is 5.91 Å². The highest BCUT2D eigenvalue weighted by Crippen LogP contribution is 2.26. The second-order valence-electron chi connectivity index (χ2n) is 7.68. The van der Waals surface area contributed by atoms with Gasteiger partial charge in [-0.05, 0) is 69.2 Å². The zero-order chi connectivity index (χ0) is 21.4. The Balaban J connectivity index is 1.87. The average molecular weight is 462 g/mol. The SMILES string of the molecule is CCC(Oc1ccc(C(=O)NCCC(=O)OC(C)(C)C)cc1)c1ccc(Br)cc1. The van der Waals surface area contributed by atoms with Crippen molar-refractivity contribution >= 4 is 27.8 Å². The molecule has 0 radical (unpaired) electrons. The van der Waals surface area contributed by atoms with Gasteiger partial charge in [0.1, 0.15) is 17.5 Å². The molecule has 0 spiro atoms. The van der Waals surface area contributed by atoms with Crippen molar-refractivity contribution in [2.45, 2.75) is 52.2 Å². The third kappa shape index (κ3) is 7.89. The summed E-state index contributed by atoms with van der Waals surface area (Å²) in [5.74, 6) is 0.130. The highest BCUT2D eigenvalue weighted by molar-refractivity contribution is 9.10. The van der Waals surface area contributed by atoms with Gasteiger partial charge in [-0.1, -0.05) is 35.0 Å². The van der Waals surface area contributed by atoms with Crippen molar-refractivity contribution in [2.75, 3.05) is 6.54 Å². The van der Waals surface area contributed by atoms with E-state index in [1.807, 2.05) is 45.0 Å². The first-order chi connectivity index (χ1) is 13.7. The van der Waals surface area contributed by atoms with Gasteiger partial charge in [0.2, 0.25) is 0 Å². The third-order valence-corrected chi connectivity index (χ3v) is 4.57. The number of carbonyl (C=O) groups is 2. The molecule has 2 rings (SSSR count). The van der Waals surface area contributed by atoms with Crippen molar-refractivity contribution < 1.29 is 19.1 Å². The summed E-state index contributed by atoms with van der Waals surface area (Å²) in [4.78, 5) is 23.9. The van der Waals surface area contributed by atoms with Gasteiger partial charge in [-0.25, -0.2) is 0 Å². The summed E-state index contributed by atoms with van der Waals surface area (Å²) >= 11 is 3.44. The zero-order valence-corrected chi connectivity index (χ0v) is 18.9. The lowest BCUT2D eigenvalue weighted by molar-refractivity contribution is -0.154. The maximum absolute atomic E-state index is 12.2. The molecule has 0 fully saturated rings. The van der Waals surface area contributed by atoms with Gasteiger partial charge in [0, 0.05) is 16.6 Å². The van der Waals surface area contributed by atoms with E-state index in [0.717, 1.165) is 16.5 Å². The number of hydrogen-bond acceptors (Lipinski definition) is 4. The molecule has 1 unspecified atom stereocenters. The molecule has 0 heterocycles. The zero-order valence-electron chi connectivity index (χ0n) is 17.3. The number of halogens is 1. The van der Waals surface area contributed by atoms with Crippen molar-refractivity contribution in [2.24, 2.45) is 0 Å². The van der Waals surface area contributed by atoms with E-state index in [9.17, 15) is 9.59 Å². The Labute approximate surface area is 180 Å². The van der Waals surface area contributed by atoms with Crippen LogP contribution in [0.3, 0.4) is 0 Å². The van der Waals surface area contributed by atoms with E-state index < -0.39 is 5.60 Å². The number of rotatable bonds is 8. The van der Waals surface area contributed by atoms with Gasteiger partial charge in [-0.2, -0.15) is 0 Å². The summed E-state index contributed by atoms with van der Waals surface area (Å²) in [7, 11) is 0. The van der Waals surface area contributed by atoms with E-state index in [-0.39, 0.29) is 30.9 Å². The van der Waals surface area contributed by atoms with Gasteiger partial charge < -0.3 is 14.8 Å². The Morgan fingerprint density at radius 2 is 1.66 bits per heavy atom. The largest absolute Gasteiger partial charge is 0.486 e. The van der Waals surface area contributed by atoms with E-state index in [4.69, 9.17) is 9.47 Å². The third-order valence-electron chi connectivity index (χ3n) is 4.04. The smallest absolute Gasteiger partial charge is 0.308 e. The van der Waals surface area contributed by atoms with Crippen LogP contribution < -0.4 is 10.1 Å². The van der Waals surface area contributed by atoms with E-state index in [1.54, 1.807) is 24.3 Å². The van der Waals surface area contributed by atoms with Crippen molar-refractivity contribution in [3.63, 3.8) is 0 Å². The van der Waals surface area contributed by atoms with Gasteiger partial charge in [0.15, 0.2) is 0 Å². The molecule has 0 aliphatic rings. The summed E-state index contributed by atoms with van der Waals surface area (Å²) in [5, 5.41) is 2.73. The minimum absolute atomic E-state index is 0.0587. The van der Waals surface area contributed by atoms with Crippen LogP contribution in [0, 0.1) is 0 Å². The maximum Gasteiger partial charge on any atom is 0.308 e. The first-order valence-corrected chi connectivity index (χ1v) is 10.5. The molecule has 2 aromatic carbocycles. The minimum Gasteiger partial charge on any atom is -0.486 e. The van der Waals surface area contributed by atoms with E-state index in [1.165, 1.54) is 0 Å². The Morgan fingerprint density at radius 3 is 2.21 bits per heavy atom. The molecule has 0 aliphatic carbocycles. The Morgan fingerprint density at radius 1 is 1.03 bits per heavy atom. The lowest BCUT2D eigenvalue weighted by Crippen LogP contribution is -2.29. The molecule has 29 heavy (non-hydrogen) atoms. The fraction of sp³-hybridized carbons (Fsp3) is 0.391. The first-order valence-electron chi connectivity index (χ1n) is 9.70. The number of ether oxygens (including phenoxy) is 2. The highest BCUT2D eigenvalue weighted by atomic mass is 79.9. The Bertz CT molecular complexity index is 810. The molecule has 156 valence electrons. The van der Waals surface area contributed by atoms with E-state index in [0.29, 0.717) is 11.3 Å². The lowest BCUT2D eigenvalue weighted by Gasteiger charge is -2.19. The highest BCUT2D eigenvalue weighted by Gasteiger charge is 2.16. The van der Waals surface area contributed by atoms with Crippen LogP contribution in [0.15, 0.2) is 53.0 Å². The molecule has 1 atom stereocenters. The van der Waals surface area contributed by atoms with E-state index >= 15 is 0 Å². The monoisotopic (exact) mass is 461 g/mol. The van der Waals surface area contributed by atoms with Crippen molar-refractivity contribution in [1.82, 2.24) is 5.32 Å². The van der Waals surface area contributed by atoms with Gasteiger partial charge in [0.05, 0.1) is 6.42 Å². The van der Waals surface area contributed by atoms with Crippen molar-refractivity contribution in [3.8, 4) is 5.75 Å². The summed E-state index contributed by atoms with van der Waals surface area (Å²) in [6, 6.07) is 15.0. The normalized spacial score (nSPS) is 12.2. The Hall–Kier alpha value is -2.34. The average Bonchev–Trinajstić information content (AvgIpc) is 2.66. The molecule has 0 saturated heterocycles. The fourth-order valence-electron chi connectivity index (χ4n) is 2.69. The number of amides is 1. The summed E-state index contributed by atoms with van der Waals surface area (Å²) in [6.07, 6.45) is 0.904. The summed E-state index contributed by atoms with van der Waals surface area (Å²) in [6.45, 7) is 7.74. The van der Waals surface area contributed by atoms with Crippen LogP contribution in [0.25, 0.3) is 0 Å². The molecule has 0 aliphatic heterocycles. The topological polar surface area (TPSA) is 64.6 Å². The lowest BCUT2D eigenvalue weighted by atomic mass is 10.1. The van der Waals surface area contributed by atoms with Crippen molar-refractivity contribution in [3.05, 3.63) is 64.1 Å². The maximum atomic E-state index is 12.2. The van der Waals surface area contributed by atoms with Crippen molar-refractivity contribution in [1.29, 1.82) is 0 Å². The van der Waals surface area contributed by atoms with Crippen LogP contribution in [0.5, 0.6) is 5.75 Å². The fourth-order valence-corrected chi connectivity index (χ4v) is 2.95. The van der Waals surface area contributed by atoms with Gasteiger partial charge in [-0.3, -0.25) is 9.59 Å². The first kappa shape index (κ1) is 22.9. The van der Waals surface area contributed by atoms with Crippen LogP contribution >= 0.6 is 15.9 Å². The molecule has 5 nitrogen and oxygen atoms in total. The summed E-state index contributed by atoms with van der Waals surface area (Å²) < 4.78 is 12.3. The van der Waals surface area contributed by atoms with Crippen LogP contribution in [0.4, 0.5) is 0 Å². The van der Waals surface area contributed by atoms with Gasteiger partial charge >= 0.3 is 5.97 Å². The van der Waals surface area contributed by atoms with Crippen LogP contribution in [0.2, 0.25) is 0 Å². The molecule has 0 bridgehead atoms. The summed E-state index contributed by atoms with van der Waals surface area (Å²) in [5.41, 5.74) is 1.08. The number of esters is 1. The molecule has 1 N–H and O–H groups in total. The molecular weight excluding hydrogens is 434 g/mol. The second-order valence-corrected chi connectivity index (χ2v) is 8.60. The molecule has 0 aromatic heterocycles. The number of carbonyl (C=O) groups excluding carboxylic acids is 2. The van der Waals surface area contributed by atoms with Crippen LogP contribution in [0.1, 0.15) is 62.6 Å². The number of hydrogen-bond donors (Lipinski definition) is 1. The molecule has 0 saturated carbocycles. The number of nitrogens with one attached hydrogen (secondary N) is 1. The molecule has 2 aromatic rings. The van der Waals surface area contributed by atoms with E-state index in [2.05, 4.69) is 28.2 Å². The predicted octanol–water partition coefficient (Wildman–Crippen LogP) is 5.44.